The summed E-state index contributed by atoms with van der Waals surface area (Å²) in [5.41, 5.74) is 1.48. The second-order valence-electron chi connectivity index (χ2n) is 4.42. The van der Waals surface area contributed by atoms with Crippen LogP contribution in [0.3, 0.4) is 0 Å². The predicted octanol–water partition coefficient (Wildman–Crippen LogP) is -0.569. The zero-order valence-electron chi connectivity index (χ0n) is 8.75. The van der Waals surface area contributed by atoms with Gasteiger partial charge in [-0.1, -0.05) is 30.3 Å². The Morgan fingerprint density at radius 3 is 2.21 bits per heavy atom. The summed E-state index contributed by atoms with van der Waals surface area (Å²) in [7, 11) is 2.38. The lowest BCUT2D eigenvalue weighted by Gasteiger charge is -2.29. The van der Waals surface area contributed by atoms with Gasteiger partial charge in [0.15, 0.2) is 0 Å². The van der Waals surface area contributed by atoms with Gasteiger partial charge in [-0.3, -0.25) is 0 Å². The molecule has 0 aromatic heterocycles. The van der Waals surface area contributed by atoms with Gasteiger partial charge in [-0.05, 0) is 0 Å². The van der Waals surface area contributed by atoms with Crippen LogP contribution in [0.1, 0.15) is 18.4 Å². The third-order valence-corrected chi connectivity index (χ3v) is 3.05. The topological polar surface area (TPSA) is 0 Å². The molecule has 0 N–H and O–H groups in total. The SMILES string of the molecule is C[N+]1(Cc2ccccc2)CCCC1.[Br-]. The highest BCUT2D eigenvalue weighted by Gasteiger charge is 2.26. The van der Waals surface area contributed by atoms with Crippen molar-refractivity contribution in [2.45, 2.75) is 19.4 Å². The standard InChI is InChI=1S/C12H18N.BrH/c1-13(9-5-6-10-13)11-12-7-3-2-4-8-12;/h2-4,7-8H,5-6,9-11H2,1H3;1H/q+1;/p-1. The normalized spacial score (nSPS) is 18.9. The van der Waals surface area contributed by atoms with Crippen LogP contribution in [0.25, 0.3) is 0 Å². The molecular formula is C12H18BrN. The van der Waals surface area contributed by atoms with Gasteiger partial charge in [0.25, 0.3) is 0 Å². The smallest absolute Gasteiger partial charge is 0.104 e. The molecule has 0 amide bonds. The van der Waals surface area contributed by atoms with Crippen molar-refractivity contribution >= 4 is 0 Å². The zero-order valence-corrected chi connectivity index (χ0v) is 10.3. The first-order chi connectivity index (χ1) is 6.29. The minimum absolute atomic E-state index is 0. The van der Waals surface area contributed by atoms with Gasteiger partial charge in [-0.15, -0.1) is 0 Å². The quantitative estimate of drug-likeness (QED) is 0.622. The molecule has 1 aliphatic heterocycles. The maximum atomic E-state index is 2.38. The predicted molar refractivity (Wildman–Crippen MR) is 55.3 cm³/mol. The third kappa shape index (κ3) is 2.82. The summed E-state index contributed by atoms with van der Waals surface area (Å²) in [6.07, 6.45) is 2.81. The van der Waals surface area contributed by atoms with E-state index in [4.69, 9.17) is 0 Å². The van der Waals surface area contributed by atoms with Crippen molar-refractivity contribution in [3.8, 4) is 0 Å². The van der Waals surface area contributed by atoms with Gasteiger partial charge >= 0.3 is 0 Å². The maximum absolute atomic E-state index is 2.38. The number of benzene rings is 1. The first-order valence-corrected chi connectivity index (χ1v) is 5.16. The average molecular weight is 256 g/mol. The molecule has 1 aliphatic rings. The van der Waals surface area contributed by atoms with Crippen molar-refractivity contribution in [3.63, 3.8) is 0 Å². The maximum Gasteiger partial charge on any atom is 0.104 e. The molecule has 0 radical (unpaired) electrons. The van der Waals surface area contributed by atoms with E-state index < -0.39 is 0 Å². The van der Waals surface area contributed by atoms with Gasteiger partial charge in [0.2, 0.25) is 0 Å². The van der Waals surface area contributed by atoms with E-state index in [2.05, 4.69) is 37.4 Å². The van der Waals surface area contributed by atoms with E-state index in [0.717, 1.165) is 0 Å². The molecule has 2 heteroatoms. The molecule has 0 atom stereocenters. The molecule has 0 bridgehead atoms. The third-order valence-electron chi connectivity index (χ3n) is 3.05. The second-order valence-corrected chi connectivity index (χ2v) is 4.42. The number of nitrogens with zero attached hydrogens (tertiary/aromatic N) is 1. The van der Waals surface area contributed by atoms with E-state index in [1.807, 2.05) is 0 Å². The summed E-state index contributed by atoms with van der Waals surface area (Å²) < 4.78 is 1.24. The molecule has 0 aliphatic carbocycles. The van der Waals surface area contributed by atoms with Gasteiger partial charge in [0.05, 0.1) is 20.1 Å². The van der Waals surface area contributed by atoms with Crippen LogP contribution < -0.4 is 17.0 Å². The van der Waals surface area contributed by atoms with Crippen LogP contribution in [0, 0.1) is 0 Å². The molecule has 1 saturated heterocycles. The fourth-order valence-electron chi connectivity index (χ4n) is 2.28. The average Bonchev–Trinajstić information content (AvgIpc) is 2.54. The van der Waals surface area contributed by atoms with E-state index in [9.17, 15) is 0 Å². The van der Waals surface area contributed by atoms with Crippen LogP contribution in [0.5, 0.6) is 0 Å². The highest BCUT2D eigenvalue weighted by atomic mass is 79.9. The van der Waals surface area contributed by atoms with Crippen molar-refractivity contribution < 1.29 is 21.5 Å². The van der Waals surface area contributed by atoms with E-state index in [-0.39, 0.29) is 17.0 Å². The number of quaternary nitrogens is 1. The molecule has 1 fully saturated rings. The molecule has 78 valence electrons. The van der Waals surface area contributed by atoms with E-state index >= 15 is 0 Å². The van der Waals surface area contributed by atoms with Gasteiger partial charge in [0.1, 0.15) is 6.54 Å². The van der Waals surface area contributed by atoms with Crippen LogP contribution in [0.4, 0.5) is 0 Å². The lowest BCUT2D eigenvalue weighted by Crippen LogP contribution is -3.00. The van der Waals surface area contributed by atoms with Crippen molar-refractivity contribution in [3.05, 3.63) is 35.9 Å². The number of rotatable bonds is 2. The Bertz CT molecular complexity index is 265. The van der Waals surface area contributed by atoms with E-state index in [1.165, 1.54) is 42.5 Å². The molecule has 1 heterocycles. The van der Waals surface area contributed by atoms with Crippen LogP contribution in [0.15, 0.2) is 30.3 Å². The Kier molecular flexibility index (Phi) is 4.14. The first kappa shape index (κ1) is 11.7. The lowest BCUT2D eigenvalue weighted by molar-refractivity contribution is -0.910. The second kappa shape index (κ2) is 4.94. The largest absolute Gasteiger partial charge is 1.00 e. The number of hydrogen-bond acceptors (Lipinski definition) is 0. The Labute approximate surface area is 97.1 Å². The van der Waals surface area contributed by atoms with E-state index in [1.54, 1.807) is 0 Å². The van der Waals surface area contributed by atoms with Crippen LogP contribution in [0.2, 0.25) is 0 Å². The van der Waals surface area contributed by atoms with Crippen molar-refractivity contribution in [1.29, 1.82) is 0 Å². The minimum atomic E-state index is 0. The fourth-order valence-corrected chi connectivity index (χ4v) is 2.28. The molecule has 14 heavy (non-hydrogen) atoms. The van der Waals surface area contributed by atoms with Gasteiger partial charge in [0, 0.05) is 18.4 Å². The van der Waals surface area contributed by atoms with Gasteiger partial charge in [-0.2, -0.15) is 0 Å². The zero-order chi connectivity index (χ0) is 9.15. The lowest BCUT2D eigenvalue weighted by atomic mass is 10.2. The van der Waals surface area contributed by atoms with Crippen LogP contribution in [-0.4, -0.2) is 24.6 Å². The molecule has 0 unspecified atom stereocenters. The van der Waals surface area contributed by atoms with Gasteiger partial charge < -0.3 is 21.5 Å². The Hall–Kier alpha value is -0.340. The molecule has 0 spiro atoms. The summed E-state index contributed by atoms with van der Waals surface area (Å²) >= 11 is 0. The molecule has 0 saturated carbocycles. The molecule has 1 aromatic rings. The summed E-state index contributed by atoms with van der Waals surface area (Å²) in [5.74, 6) is 0. The molecule has 1 aromatic carbocycles. The molecule has 2 rings (SSSR count). The number of likely N-dealkylation sites (tertiary alicyclic amines) is 1. The van der Waals surface area contributed by atoms with Gasteiger partial charge in [-0.25, -0.2) is 0 Å². The summed E-state index contributed by atoms with van der Waals surface area (Å²) in [4.78, 5) is 0. The van der Waals surface area contributed by atoms with Crippen molar-refractivity contribution in [1.82, 2.24) is 0 Å². The number of halogens is 1. The van der Waals surface area contributed by atoms with E-state index in [0.29, 0.717) is 0 Å². The monoisotopic (exact) mass is 255 g/mol. The molecular weight excluding hydrogens is 238 g/mol. The minimum Gasteiger partial charge on any atom is -1.00 e. The Morgan fingerprint density at radius 2 is 1.64 bits per heavy atom. The number of hydrogen-bond donors (Lipinski definition) is 0. The van der Waals surface area contributed by atoms with Crippen LogP contribution >= 0.6 is 0 Å². The highest BCUT2D eigenvalue weighted by molar-refractivity contribution is 5.13. The first-order valence-electron chi connectivity index (χ1n) is 5.16. The Morgan fingerprint density at radius 1 is 1.07 bits per heavy atom. The Balaban J connectivity index is 0.000000980. The van der Waals surface area contributed by atoms with Crippen molar-refractivity contribution in [2.24, 2.45) is 0 Å². The van der Waals surface area contributed by atoms with Crippen molar-refractivity contribution in [2.75, 3.05) is 20.1 Å². The fraction of sp³-hybridized carbons (Fsp3) is 0.500. The highest BCUT2D eigenvalue weighted by Crippen LogP contribution is 2.20. The van der Waals surface area contributed by atoms with Crippen LogP contribution in [-0.2, 0) is 6.54 Å². The summed E-state index contributed by atoms with van der Waals surface area (Å²) in [6.45, 7) is 3.92. The summed E-state index contributed by atoms with van der Waals surface area (Å²) in [5, 5.41) is 0. The molecule has 1 nitrogen and oxygen atoms in total. The summed E-state index contributed by atoms with van der Waals surface area (Å²) in [6, 6.07) is 10.8.